The average molecular weight is 343 g/mol. The molecular formula is C15H24O2SeSi. The second-order valence-corrected chi connectivity index (χ2v) is 15.5. The molecule has 0 amide bonds. The Labute approximate surface area is 123 Å². The van der Waals surface area contributed by atoms with Crippen molar-refractivity contribution in [2.45, 2.75) is 30.5 Å². The first kappa shape index (κ1) is 15.3. The van der Waals surface area contributed by atoms with Gasteiger partial charge in [-0.05, 0) is 0 Å². The Morgan fingerprint density at radius 1 is 1.21 bits per heavy atom. The summed E-state index contributed by atoms with van der Waals surface area (Å²) in [6, 6.07) is 10.7. The van der Waals surface area contributed by atoms with Crippen molar-refractivity contribution in [1.82, 2.24) is 0 Å². The van der Waals surface area contributed by atoms with E-state index in [9.17, 15) is 10.2 Å². The zero-order chi connectivity index (χ0) is 14.1. The molecule has 1 aliphatic carbocycles. The van der Waals surface area contributed by atoms with E-state index in [-0.39, 0.29) is 18.6 Å². The quantitative estimate of drug-likeness (QED) is 0.772. The number of hydrogen-bond donors (Lipinski definition) is 2. The van der Waals surface area contributed by atoms with Gasteiger partial charge in [0.25, 0.3) is 0 Å². The van der Waals surface area contributed by atoms with Crippen molar-refractivity contribution in [1.29, 1.82) is 0 Å². The third kappa shape index (κ3) is 3.31. The normalized spacial score (nSPS) is 23.1. The van der Waals surface area contributed by atoms with E-state index >= 15 is 0 Å². The molecule has 2 rings (SSSR count). The fraction of sp³-hybridized carbons (Fsp3) is 0.600. The van der Waals surface area contributed by atoms with Gasteiger partial charge in [0.15, 0.2) is 0 Å². The molecule has 0 radical (unpaired) electrons. The molecule has 0 heterocycles. The number of aliphatic hydroxyl groups is 2. The average Bonchev–Trinajstić information content (AvgIpc) is 3.11. The van der Waals surface area contributed by atoms with Gasteiger partial charge in [-0.15, -0.1) is 0 Å². The first-order chi connectivity index (χ1) is 8.93. The van der Waals surface area contributed by atoms with Crippen LogP contribution in [0.25, 0.3) is 0 Å². The molecule has 1 aromatic rings. The number of aliphatic hydroxyl groups excluding tert-OH is 2. The Balaban J connectivity index is 2.15. The molecule has 2 atom stereocenters. The van der Waals surface area contributed by atoms with E-state index in [4.69, 9.17) is 0 Å². The first-order valence-corrected chi connectivity index (χ1v) is 12.3. The summed E-state index contributed by atoms with van der Waals surface area (Å²) < 4.78 is 2.14. The zero-order valence-electron chi connectivity index (χ0n) is 12.0. The SMILES string of the molecule is C[Si](C)(C)[C@@H]([Se]c1ccccc1)[C@H]1CC1(CO)CO. The van der Waals surface area contributed by atoms with Crippen LogP contribution in [0.2, 0.25) is 24.1 Å². The maximum absolute atomic E-state index is 9.57. The minimum atomic E-state index is -1.29. The second-order valence-electron chi connectivity index (χ2n) is 6.71. The molecule has 0 aliphatic heterocycles. The summed E-state index contributed by atoms with van der Waals surface area (Å²) in [7, 11) is -1.29. The van der Waals surface area contributed by atoms with Crippen molar-refractivity contribution in [2.24, 2.45) is 11.3 Å². The van der Waals surface area contributed by atoms with E-state index < -0.39 is 8.07 Å². The molecule has 1 aliphatic rings. The van der Waals surface area contributed by atoms with Crippen molar-refractivity contribution >= 4 is 27.5 Å². The van der Waals surface area contributed by atoms with Gasteiger partial charge in [-0.1, -0.05) is 0 Å². The van der Waals surface area contributed by atoms with Crippen molar-refractivity contribution in [3.05, 3.63) is 30.3 Å². The summed E-state index contributed by atoms with van der Waals surface area (Å²) in [6.07, 6.45) is 1.00. The molecule has 0 bridgehead atoms. The van der Waals surface area contributed by atoms with E-state index in [2.05, 4.69) is 50.0 Å². The minimum absolute atomic E-state index is 0.139. The Kier molecular flexibility index (Phi) is 4.58. The summed E-state index contributed by atoms with van der Waals surface area (Å²) in [5, 5.41) is 19.1. The van der Waals surface area contributed by atoms with Gasteiger partial charge in [-0.3, -0.25) is 0 Å². The van der Waals surface area contributed by atoms with E-state index in [0.717, 1.165) is 6.42 Å². The van der Waals surface area contributed by atoms with Crippen LogP contribution in [0.4, 0.5) is 0 Å². The van der Waals surface area contributed by atoms with Crippen LogP contribution in [0.3, 0.4) is 0 Å². The van der Waals surface area contributed by atoms with Crippen LogP contribution in [-0.4, -0.2) is 46.5 Å². The number of hydrogen-bond acceptors (Lipinski definition) is 2. The molecule has 0 saturated heterocycles. The van der Waals surface area contributed by atoms with E-state index in [0.29, 0.717) is 25.3 Å². The number of rotatable bonds is 6. The van der Waals surface area contributed by atoms with E-state index in [1.54, 1.807) is 0 Å². The Hall–Kier alpha value is -0.124. The van der Waals surface area contributed by atoms with Crippen molar-refractivity contribution in [2.75, 3.05) is 13.2 Å². The number of benzene rings is 1. The second kappa shape index (κ2) is 5.70. The van der Waals surface area contributed by atoms with Crippen molar-refractivity contribution in [3.8, 4) is 0 Å². The third-order valence-corrected chi connectivity index (χ3v) is 13.6. The molecule has 1 saturated carbocycles. The van der Waals surface area contributed by atoms with Crippen LogP contribution >= 0.6 is 0 Å². The Bertz CT molecular complexity index is 412. The first-order valence-electron chi connectivity index (χ1n) is 6.86. The summed E-state index contributed by atoms with van der Waals surface area (Å²) in [5.74, 6) is 0.523. The van der Waals surface area contributed by atoms with Gasteiger partial charge in [-0.25, -0.2) is 0 Å². The molecule has 2 N–H and O–H groups in total. The molecule has 0 unspecified atom stereocenters. The molecule has 1 fully saturated rings. The van der Waals surface area contributed by atoms with Crippen LogP contribution < -0.4 is 4.46 Å². The van der Waals surface area contributed by atoms with Crippen molar-refractivity contribution < 1.29 is 10.2 Å². The van der Waals surface area contributed by atoms with Gasteiger partial charge in [-0.2, -0.15) is 0 Å². The standard InChI is InChI=1S/C15H24O2SeSi/c1-19(2,3)14(13-9-15(13,10-16)11-17)18-12-7-5-4-6-8-12/h4-8,13-14,16-17H,9-11H2,1-3H3/t13-,14-/m1/s1. The van der Waals surface area contributed by atoms with Gasteiger partial charge >= 0.3 is 123 Å². The molecule has 106 valence electrons. The fourth-order valence-corrected chi connectivity index (χ4v) is 10.1. The maximum atomic E-state index is 9.57. The van der Waals surface area contributed by atoms with Gasteiger partial charge in [0.05, 0.1) is 0 Å². The van der Waals surface area contributed by atoms with Gasteiger partial charge in [0.1, 0.15) is 0 Å². The van der Waals surface area contributed by atoms with Gasteiger partial charge in [0.2, 0.25) is 0 Å². The molecule has 19 heavy (non-hydrogen) atoms. The topological polar surface area (TPSA) is 40.5 Å². The van der Waals surface area contributed by atoms with Crippen LogP contribution in [0, 0.1) is 11.3 Å². The summed E-state index contributed by atoms with van der Waals surface area (Å²) in [6.45, 7) is 7.53. The Morgan fingerprint density at radius 3 is 2.21 bits per heavy atom. The van der Waals surface area contributed by atoms with Crippen LogP contribution in [0.5, 0.6) is 0 Å². The predicted molar refractivity (Wildman–Crippen MR) is 83.6 cm³/mol. The molecule has 0 aromatic heterocycles. The van der Waals surface area contributed by atoms with E-state index in [1.807, 2.05) is 0 Å². The summed E-state index contributed by atoms with van der Waals surface area (Å²) in [5.41, 5.74) is -0.179. The predicted octanol–water partition coefficient (Wildman–Crippen LogP) is 1.67. The van der Waals surface area contributed by atoms with Crippen molar-refractivity contribution in [3.63, 3.8) is 0 Å². The van der Waals surface area contributed by atoms with E-state index in [1.165, 1.54) is 4.46 Å². The van der Waals surface area contributed by atoms with Gasteiger partial charge in [0, 0.05) is 0 Å². The van der Waals surface area contributed by atoms with Crippen LogP contribution in [0.15, 0.2) is 30.3 Å². The third-order valence-electron chi connectivity index (χ3n) is 4.11. The summed E-state index contributed by atoms with van der Waals surface area (Å²) >= 11 is 0.447. The molecular weight excluding hydrogens is 319 g/mol. The molecule has 2 nitrogen and oxygen atoms in total. The van der Waals surface area contributed by atoms with Gasteiger partial charge < -0.3 is 0 Å². The molecule has 4 heteroatoms. The fourth-order valence-electron chi connectivity index (χ4n) is 2.73. The van der Waals surface area contributed by atoms with Crippen LogP contribution in [-0.2, 0) is 0 Å². The van der Waals surface area contributed by atoms with Crippen LogP contribution in [0.1, 0.15) is 6.42 Å². The summed E-state index contributed by atoms with van der Waals surface area (Å²) in [4.78, 5) is 0. The molecule has 0 spiro atoms. The molecule has 1 aromatic carbocycles. The monoisotopic (exact) mass is 344 g/mol. The zero-order valence-corrected chi connectivity index (χ0v) is 14.7. The Morgan fingerprint density at radius 2 is 1.79 bits per heavy atom.